The van der Waals surface area contributed by atoms with Gasteiger partial charge in [0.15, 0.2) is 0 Å². The Labute approximate surface area is 100 Å². The molecule has 0 saturated heterocycles. The van der Waals surface area contributed by atoms with Gasteiger partial charge in [-0.3, -0.25) is 4.98 Å². The molecule has 0 atom stereocenters. The highest BCUT2D eigenvalue weighted by Crippen LogP contribution is 2.39. The van der Waals surface area contributed by atoms with Crippen LogP contribution in [-0.2, 0) is 0 Å². The van der Waals surface area contributed by atoms with Crippen LogP contribution in [0.5, 0.6) is 0 Å². The Bertz CT molecular complexity index is 520. The zero-order chi connectivity index (χ0) is 11.7. The maximum absolute atomic E-state index is 4.54. The Kier molecular flexibility index (Phi) is 2.48. The minimum absolute atomic E-state index is 0.645. The van der Waals surface area contributed by atoms with Gasteiger partial charge in [-0.1, -0.05) is 0 Å². The lowest BCUT2D eigenvalue weighted by Crippen LogP contribution is -2.01. The summed E-state index contributed by atoms with van der Waals surface area (Å²) in [5.74, 6) is 1.31. The van der Waals surface area contributed by atoms with E-state index in [2.05, 4.69) is 26.3 Å². The predicted molar refractivity (Wildman–Crippen MR) is 66.3 cm³/mol. The molecule has 1 fully saturated rings. The highest BCUT2D eigenvalue weighted by Gasteiger charge is 2.25. The summed E-state index contributed by atoms with van der Waals surface area (Å²) in [4.78, 5) is 13.0. The maximum atomic E-state index is 4.54. The molecule has 0 amide bonds. The fourth-order valence-electron chi connectivity index (χ4n) is 1.80. The molecular weight excluding hydrogens is 212 g/mol. The molecule has 0 radical (unpaired) electrons. The molecule has 0 spiro atoms. The second-order valence-electron chi connectivity index (χ2n) is 4.40. The van der Waals surface area contributed by atoms with Gasteiger partial charge in [0.2, 0.25) is 5.95 Å². The van der Waals surface area contributed by atoms with Gasteiger partial charge in [-0.15, -0.1) is 0 Å². The summed E-state index contributed by atoms with van der Waals surface area (Å²) in [6.45, 7) is 2.00. The van der Waals surface area contributed by atoms with Crippen molar-refractivity contribution in [1.29, 1.82) is 0 Å². The topological polar surface area (TPSA) is 50.7 Å². The number of nitrogens with one attached hydrogen (secondary N) is 1. The van der Waals surface area contributed by atoms with Crippen molar-refractivity contribution in [2.24, 2.45) is 0 Å². The average molecular weight is 226 g/mol. The maximum Gasteiger partial charge on any atom is 0.227 e. The van der Waals surface area contributed by atoms with Crippen molar-refractivity contribution in [3.63, 3.8) is 0 Å². The van der Waals surface area contributed by atoms with Crippen LogP contribution in [0.3, 0.4) is 0 Å². The molecule has 86 valence electrons. The van der Waals surface area contributed by atoms with Gasteiger partial charge in [-0.25, -0.2) is 9.97 Å². The van der Waals surface area contributed by atoms with Crippen LogP contribution in [0.4, 0.5) is 11.6 Å². The highest BCUT2D eigenvalue weighted by atomic mass is 15.1. The van der Waals surface area contributed by atoms with Crippen molar-refractivity contribution in [3.8, 4) is 0 Å². The van der Waals surface area contributed by atoms with Crippen molar-refractivity contribution in [3.05, 3.63) is 42.0 Å². The van der Waals surface area contributed by atoms with Crippen LogP contribution in [0.25, 0.3) is 0 Å². The van der Waals surface area contributed by atoms with E-state index >= 15 is 0 Å². The number of aryl methyl sites for hydroxylation is 1. The van der Waals surface area contributed by atoms with Gasteiger partial charge in [0.25, 0.3) is 0 Å². The van der Waals surface area contributed by atoms with Crippen LogP contribution in [-0.4, -0.2) is 15.0 Å². The number of hydrogen-bond donors (Lipinski definition) is 1. The van der Waals surface area contributed by atoms with E-state index < -0.39 is 0 Å². The van der Waals surface area contributed by atoms with E-state index in [1.54, 1.807) is 12.4 Å². The Balaban J connectivity index is 1.87. The van der Waals surface area contributed by atoms with Crippen LogP contribution in [0, 0.1) is 6.92 Å². The Hall–Kier alpha value is -1.97. The molecule has 1 saturated carbocycles. The van der Waals surface area contributed by atoms with Crippen molar-refractivity contribution >= 4 is 11.6 Å². The first-order chi connectivity index (χ1) is 8.31. The second-order valence-corrected chi connectivity index (χ2v) is 4.40. The number of nitrogens with zero attached hydrogens (tertiary/aromatic N) is 3. The molecule has 2 heterocycles. The number of anilines is 2. The van der Waals surface area contributed by atoms with Crippen molar-refractivity contribution in [2.45, 2.75) is 25.7 Å². The molecule has 3 rings (SSSR count). The monoisotopic (exact) mass is 226 g/mol. The summed E-state index contributed by atoms with van der Waals surface area (Å²) in [7, 11) is 0. The van der Waals surface area contributed by atoms with Crippen molar-refractivity contribution < 1.29 is 0 Å². The molecule has 1 N–H and O–H groups in total. The Morgan fingerprint density at radius 2 is 2.18 bits per heavy atom. The standard InChI is InChI=1S/C13H14N4/c1-9-7-12(10-4-5-10)17-13(15-9)16-11-3-2-6-14-8-11/h2-3,6-8,10H,4-5H2,1H3,(H,15,16,17). The summed E-state index contributed by atoms with van der Waals surface area (Å²) in [5.41, 5.74) is 3.08. The second kappa shape index (κ2) is 4.13. The fourth-order valence-corrected chi connectivity index (χ4v) is 1.80. The Morgan fingerprint density at radius 1 is 1.29 bits per heavy atom. The lowest BCUT2D eigenvalue weighted by atomic mass is 10.2. The summed E-state index contributed by atoms with van der Waals surface area (Å²) >= 11 is 0. The minimum atomic E-state index is 0.645. The van der Waals surface area contributed by atoms with Gasteiger partial charge in [0.1, 0.15) is 0 Å². The lowest BCUT2D eigenvalue weighted by molar-refractivity contribution is 0.972. The smallest absolute Gasteiger partial charge is 0.227 e. The van der Waals surface area contributed by atoms with Crippen molar-refractivity contribution in [2.75, 3.05) is 5.32 Å². The number of aromatic nitrogens is 3. The molecule has 0 unspecified atom stereocenters. The van der Waals surface area contributed by atoms with Gasteiger partial charge < -0.3 is 5.32 Å². The summed E-state index contributed by atoms with van der Waals surface area (Å²) in [6.07, 6.45) is 6.02. The summed E-state index contributed by atoms with van der Waals surface area (Å²) in [6, 6.07) is 5.92. The first kappa shape index (κ1) is 10.2. The van der Waals surface area contributed by atoms with E-state index in [9.17, 15) is 0 Å². The SMILES string of the molecule is Cc1cc(C2CC2)nc(Nc2cccnc2)n1. The molecular formula is C13H14N4. The first-order valence-electron chi connectivity index (χ1n) is 5.84. The van der Waals surface area contributed by atoms with E-state index in [0.717, 1.165) is 17.1 Å². The quantitative estimate of drug-likeness (QED) is 0.874. The van der Waals surface area contributed by atoms with E-state index in [1.807, 2.05) is 19.1 Å². The van der Waals surface area contributed by atoms with Gasteiger partial charge in [-0.05, 0) is 38.0 Å². The molecule has 4 heteroatoms. The molecule has 1 aliphatic carbocycles. The van der Waals surface area contributed by atoms with Crippen LogP contribution in [0.1, 0.15) is 30.1 Å². The molecule has 0 aromatic carbocycles. The largest absolute Gasteiger partial charge is 0.323 e. The fraction of sp³-hybridized carbons (Fsp3) is 0.308. The molecule has 0 bridgehead atoms. The minimum Gasteiger partial charge on any atom is -0.323 e. The molecule has 1 aliphatic rings. The average Bonchev–Trinajstić information content (AvgIpc) is 3.13. The van der Waals surface area contributed by atoms with Gasteiger partial charge in [0.05, 0.1) is 11.9 Å². The number of rotatable bonds is 3. The third-order valence-corrected chi connectivity index (χ3v) is 2.79. The van der Waals surface area contributed by atoms with Crippen molar-refractivity contribution in [1.82, 2.24) is 15.0 Å². The lowest BCUT2D eigenvalue weighted by Gasteiger charge is -2.07. The van der Waals surface area contributed by atoms with Crippen LogP contribution < -0.4 is 5.32 Å². The number of hydrogen-bond acceptors (Lipinski definition) is 4. The highest BCUT2D eigenvalue weighted by molar-refractivity contribution is 5.51. The normalized spacial score (nSPS) is 14.6. The molecule has 2 aromatic rings. The van der Waals surface area contributed by atoms with E-state index in [-0.39, 0.29) is 0 Å². The third-order valence-electron chi connectivity index (χ3n) is 2.79. The van der Waals surface area contributed by atoms with E-state index in [1.165, 1.54) is 12.8 Å². The van der Waals surface area contributed by atoms with Crippen LogP contribution in [0.15, 0.2) is 30.6 Å². The molecule has 0 aliphatic heterocycles. The predicted octanol–water partition coefficient (Wildman–Crippen LogP) is 2.80. The van der Waals surface area contributed by atoms with Gasteiger partial charge in [0, 0.05) is 23.5 Å². The van der Waals surface area contributed by atoms with Gasteiger partial charge >= 0.3 is 0 Å². The van der Waals surface area contributed by atoms with Gasteiger partial charge in [-0.2, -0.15) is 0 Å². The molecule has 2 aromatic heterocycles. The van der Waals surface area contributed by atoms with Crippen LogP contribution >= 0.6 is 0 Å². The van der Waals surface area contributed by atoms with E-state index in [0.29, 0.717) is 11.9 Å². The van der Waals surface area contributed by atoms with Crippen LogP contribution in [0.2, 0.25) is 0 Å². The Morgan fingerprint density at radius 3 is 2.88 bits per heavy atom. The molecule has 17 heavy (non-hydrogen) atoms. The third kappa shape index (κ3) is 2.41. The first-order valence-corrected chi connectivity index (χ1v) is 5.84. The summed E-state index contributed by atoms with van der Waals surface area (Å²) in [5, 5.41) is 3.18. The molecule has 4 nitrogen and oxygen atoms in total. The summed E-state index contributed by atoms with van der Waals surface area (Å²) < 4.78 is 0. The zero-order valence-electron chi connectivity index (χ0n) is 9.72. The van der Waals surface area contributed by atoms with E-state index in [4.69, 9.17) is 0 Å². The zero-order valence-corrected chi connectivity index (χ0v) is 9.72. The number of pyridine rings is 1.